The van der Waals surface area contributed by atoms with Gasteiger partial charge in [0.25, 0.3) is 0 Å². The van der Waals surface area contributed by atoms with Crippen LogP contribution in [-0.4, -0.2) is 23.2 Å². The summed E-state index contributed by atoms with van der Waals surface area (Å²) >= 11 is 0. The number of allylic oxidation sites excluding steroid dienone is 1. The molecule has 31 heavy (non-hydrogen) atoms. The third kappa shape index (κ3) is 2.97. The molecule has 1 unspecified atom stereocenters. The second-order valence-electron chi connectivity index (χ2n) is 8.14. The fourth-order valence-corrected chi connectivity index (χ4v) is 4.51. The fourth-order valence-electron chi connectivity index (χ4n) is 4.51. The van der Waals surface area contributed by atoms with Crippen molar-refractivity contribution >= 4 is 29.0 Å². The topological polar surface area (TPSA) is 37.2 Å². The molecule has 0 spiro atoms. The van der Waals surface area contributed by atoms with Crippen LogP contribution in [0.5, 0.6) is 11.5 Å². The van der Waals surface area contributed by atoms with Crippen LogP contribution in [0.15, 0.2) is 101 Å². The van der Waals surface area contributed by atoms with Gasteiger partial charge in [-0.3, -0.25) is 4.99 Å². The lowest BCUT2D eigenvalue weighted by Gasteiger charge is -2.46. The first-order chi connectivity index (χ1) is 15.3. The first-order valence-corrected chi connectivity index (χ1v) is 10.7. The van der Waals surface area contributed by atoms with Gasteiger partial charge in [0.2, 0.25) is 12.0 Å². The number of hydrogen-bond donors (Lipinski definition) is 0. The van der Waals surface area contributed by atoms with Gasteiger partial charge in [0.15, 0.2) is 6.20 Å². The maximum atomic E-state index is 6.26. The standard InChI is InChI=1S/C26H23N4O/c1-2-9-25-20(5-1)6-3-10-26(25)31-24-13-11-22(12-14-24)29(21-7-4-8-21)30-16-15-27-17-23(30)18-28-19-30/h1-3,5-6,9-19,21H,4,7-8H2/q+1. The Morgan fingerprint density at radius 2 is 1.74 bits per heavy atom. The Balaban J connectivity index is 1.33. The van der Waals surface area contributed by atoms with Gasteiger partial charge in [-0.25, -0.2) is 10.0 Å². The van der Waals surface area contributed by atoms with Crippen molar-refractivity contribution in [3.8, 4) is 11.5 Å². The number of fused-ring (bicyclic) bond motifs is 2. The minimum Gasteiger partial charge on any atom is -0.457 e. The zero-order valence-corrected chi connectivity index (χ0v) is 17.1. The predicted molar refractivity (Wildman–Crippen MR) is 125 cm³/mol. The van der Waals surface area contributed by atoms with Gasteiger partial charge in [-0.1, -0.05) is 36.4 Å². The molecule has 3 aliphatic rings. The summed E-state index contributed by atoms with van der Waals surface area (Å²) in [5, 5.41) is 4.73. The molecule has 1 fully saturated rings. The summed E-state index contributed by atoms with van der Waals surface area (Å²) in [6.07, 6.45) is 13.4. The van der Waals surface area contributed by atoms with Gasteiger partial charge in [0.1, 0.15) is 11.5 Å². The summed E-state index contributed by atoms with van der Waals surface area (Å²) in [6, 6.07) is 23.3. The average Bonchev–Trinajstić information content (AvgIpc) is 3.22. The molecule has 0 N–H and O–H groups in total. The SMILES string of the molecule is C1=C[N+]2(N(c3ccc(Oc4cccc5ccccc45)cc3)C3CCC3)C=NC=C2C=N1. The minimum atomic E-state index is 0.467. The van der Waals surface area contributed by atoms with Crippen LogP contribution in [0.3, 0.4) is 0 Å². The molecule has 6 rings (SSSR count). The first kappa shape index (κ1) is 18.1. The van der Waals surface area contributed by atoms with Crippen LogP contribution >= 0.6 is 0 Å². The molecule has 2 aliphatic heterocycles. The van der Waals surface area contributed by atoms with Crippen molar-refractivity contribution in [2.24, 2.45) is 9.98 Å². The van der Waals surface area contributed by atoms with Crippen molar-refractivity contribution in [3.63, 3.8) is 0 Å². The maximum Gasteiger partial charge on any atom is 0.225 e. The van der Waals surface area contributed by atoms with E-state index >= 15 is 0 Å². The van der Waals surface area contributed by atoms with E-state index in [1.54, 1.807) is 0 Å². The van der Waals surface area contributed by atoms with Crippen LogP contribution in [0.4, 0.5) is 5.69 Å². The Hall–Kier alpha value is -3.70. The number of hydrogen-bond acceptors (Lipinski definition) is 4. The summed E-state index contributed by atoms with van der Waals surface area (Å²) < 4.78 is 6.73. The number of quaternary nitrogens is 1. The molecule has 0 radical (unpaired) electrons. The Bertz CT molecular complexity index is 1250. The zero-order valence-electron chi connectivity index (χ0n) is 17.1. The number of rotatable bonds is 5. The highest BCUT2D eigenvalue weighted by Gasteiger charge is 2.46. The molecule has 1 atom stereocenters. The van der Waals surface area contributed by atoms with E-state index in [0.717, 1.165) is 28.3 Å². The lowest BCUT2D eigenvalue weighted by molar-refractivity contribution is -0.746. The van der Waals surface area contributed by atoms with Gasteiger partial charge in [-0.15, -0.1) is 4.59 Å². The average molecular weight is 407 g/mol. The van der Waals surface area contributed by atoms with Crippen molar-refractivity contribution in [2.45, 2.75) is 25.3 Å². The highest BCUT2D eigenvalue weighted by Crippen LogP contribution is 2.40. The second-order valence-corrected chi connectivity index (χ2v) is 8.14. The lowest BCUT2D eigenvalue weighted by Crippen LogP contribution is -2.61. The van der Waals surface area contributed by atoms with Crippen LogP contribution in [0.25, 0.3) is 10.8 Å². The molecule has 0 bridgehead atoms. The molecule has 0 aromatic heterocycles. The first-order valence-electron chi connectivity index (χ1n) is 10.7. The summed E-state index contributed by atoms with van der Waals surface area (Å²) in [7, 11) is 0. The van der Waals surface area contributed by atoms with E-state index in [9.17, 15) is 0 Å². The van der Waals surface area contributed by atoms with Crippen molar-refractivity contribution < 1.29 is 9.33 Å². The normalized spacial score (nSPS) is 21.6. The van der Waals surface area contributed by atoms with E-state index in [0.29, 0.717) is 10.6 Å². The summed E-state index contributed by atoms with van der Waals surface area (Å²) in [5.74, 6) is 1.70. The van der Waals surface area contributed by atoms with E-state index in [-0.39, 0.29) is 0 Å². The summed E-state index contributed by atoms with van der Waals surface area (Å²) in [6.45, 7) is 0. The Labute approximate surface area is 181 Å². The van der Waals surface area contributed by atoms with Gasteiger partial charge in [-0.2, -0.15) is 0 Å². The van der Waals surface area contributed by atoms with Crippen LogP contribution in [0, 0.1) is 0 Å². The maximum absolute atomic E-state index is 6.26. The largest absolute Gasteiger partial charge is 0.457 e. The number of aliphatic imine (C=N–C) groups is 2. The van der Waals surface area contributed by atoms with Gasteiger partial charge in [0.05, 0.1) is 30.3 Å². The highest BCUT2D eigenvalue weighted by molar-refractivity contribution is 5.88. The number of nitrogens with zero attached hydrogens (tertiary/aromatic N) is 4. The Morgan fingerprint density at radius 3 is 2.58 bits per heavy atom. The van der Waals surface area contributed by atoms with Crippen molar-refractivity contribution in [2.75, 3.05) is 5.01 Å². The smallest absolute Gasteiger partial charge is 0.225 e. The Kier molecular flexibility index (Phi) is 4.21. The lowest BCUT2D eigenvalue weighted by atomic mass is 9.92. The van der Waals surface area contributed by atoms with E-state index in [2.05, 4.69) is 63.7 Å². The molecule has 1 saturated carbocycles. The molecule has 5 nitrogen and oxygen atoms in total. The van der Waals surface area contributed by atoms with Gasteiger partial charge < -0.3 is 4.74 Å². The molecule has 3 aromatic carbocycles. The molecule has 2 heterocycles. The quantitative estimate of drug-likeness (QED) is 0.475. The number of ether oxygens (including phenoxy) is 1. The molecule has 152 valence electrons. The van der Waals surface area contributed by atoms with Crippen molar-refractivity contribution in [1.29, 1.82) is 0 Å². The highest BCUT2D eigenvalue weighted by atomic mass is 16.5. The van der Waals surface area contributed by atoms with Gasteiger partial charge in [0, 0.05) is 5.39 Å². The van der Waals surface area contributed by atoms with Gasteiger partial charge in [-0.05, 0) is 55.0 Å². The molecule has 5 heteroatoms. The van der Waals surface area contributed by atoms with E-state index in [4.69, 9.17) is 4.74 Å². The van der Waals surface area contributed by atoms with Crippen LogP contribution in [-0.2, 0) is 0 Å². The number of anilines is 1. The second kappa shape index (κ2) is 7.22. The van der Waals surface area contributed by atoms with Crippen LogP contribution in [0.2, 0.25) is 0 Å². The fraction of sp³-hybridized carbons (Fsp3) is 0.154. The zero-order chi connectivity index (χ0) is 20.7. The molecule has 3 aromatic rings. The summed E-state index contributed by atoms with van der Waals surface area (Å²) in [5.41, 5.74) is 2.21. The van der Waals surface area contributed by atoms with Gasteiger partial charge >= 0.3 is 0 Å². The third-order valence-corrected chi connectivity index (χ3v) is 6.31. The van der Waals surface area contributed by atoms with E-state index < -0.39 is 0 Å². The number of benzene rings is 3. The minimum absolute atomic E-state index is 0.467. The monoisotopic (exact) mass is 407 g/mol. The molecular weight excluding hydrogens is 384 g/mol. The molecule has 0 amide bonds. The molecule has 0 saturated heterocycles. The Morgan fingerprint density at radius 1 is 0.903 bits per heavy atom. The van der Waals surface area contributed by atoms with E-state index in [1.807, 2.05) is 49.2 Å². The molecule has 1 aliphatic carbocycles. The third-order valence-electron chi connectivity index (χ3n) is 6.31. The van der Waals surface area contributed by atoms with E-state index in [1.165, 1.54) is 24.6 Å². The van der Waals surface area contributed by atoms with Crippen molar-refractivity contribution in [1.82, 2.24) is 0 Å². The van der Waals surface area contributed by atoms with Crippen LogP contribution < -0.4 is 9.75 Å². The molecular formula is C26H23N4O+. The summed E-state index contributed by atoms with van der Waals surface area (Å²) in [4.78, 5) is 8.78. The van der Waals surface area contributed by atoms with Crippen molar-refractivity contribution in [3.05, 3.63) is 91.0 Å². The van der Waals surface area contributed by atoms with Crippen LogP contribution in [0.1, 0.15) is 19.3 Å². The predicted octanol–water partition coefficient (Wildman–Crippen LogP) is 6.16.